The van der Waals surface area contributed by atoms with Gasteiger partial charge in [0.05, 0.1) is 19.1 Å². The fourth-order valence-electron chi connectivity index (χ4n) is 2.11. The molecule has 3 aromatic rings. The smallest absolute Gasteiger partial charge is 0.262 e. The third kappa shape index (κ3) is 3.39. The minimum Gasteiger partial charge on any atom is -0.477 e. The molecule has 0 aromatic carbocycles. The first-order chi connectivity index (χ1) is 11.3. The van der Waals surface area contributed by atoms with Gasteiger partial charge in [0.1, 0.15) is 23.7 Å². The highest BCUT2D eigenvalue weighted by molar-refractivity contribution is 6.05. The van der Waals surface area contributed by atoms with Crippen LogP contribution in [-0.2, 0) is 6.54 Å². The number of anilines is 1. The zero-order chi connectivity index (χ0) is 16.1. The van der Waals surface area contributed by atoms with E-state index in [9.17, 15) is 4.79 Å². The number of rotatable bonds is 6. The maximum absolute atomic E-state index is 12.5. The van der Waals surface area contributed by atoms with E-state index < -0.39 is 0 Å². The lowest BCUT2D eigenvalue weighted by Crippen LogP contribution is -2.17. The predicted octanol–water partition coefficient (Wildman–Crippen LogP) is 2.57. The van der Waals surface area contributed by atoms with Crippen LogP contribution < -0.4 is 10.1 Å². The first-order valence-corrected chi connectivity index (χ1v) is 7.21. The summed E-state index contributed by atoms with van der Waals surface area (Å²) in [6.45, 7) is 2.71. The Morgan fingerprint density at radius 1 is 1.30 bits per heavy atom. The van der Waals surface area contributed by atoms with Crippen molar-refractivity contribution >= 4 is 11.7 Å². The molecule has 1 amide bonds. The van der Waals surface area contributed by atoms with Gasteiger partial charge in [-0.3, -0.25) is 4.79 Å². The monoisotopic (exact) mass is 312 g/mol. The molecule has 118 valence electrons. The summed E-state index contributed by atoms with van der Waals surface area (Å²) in [7, 11) is 0. The Hall–Kier alpha value is -3.09. The van der Waals surface area contributed by atoms with Crippen molar-refractivity contribution in [3.63, 3.8) is 0 Å². The van der Waals surface area contributed by atoms with Crippen LogP contribution >= 0.6 is 0 Å². The quantitative estimate of drug-likeness (QED) is 0.756. The van der Waals surface area contributed by atoms with Gasteiger partial charge in [-0.2, -0.15) is 5.10 Å². The molecular weight excluding hydrogens is 296 g/mol. The molecule has 0 aliphatic heterocycles. The predicted molar refractivity (Wildman–Crippen MR) is 83.4 cm³/mol. The standard InChI is InChI=1S/C16H16N4O3/c1-2-22-16-13(6-3-8-17-16)15(21)19-14-7-9-18-20(14)11-12-5-4-10-23-12/h3-10H,2,11H2,1H3,(H,19,21). The number of pyridine rings is 1. The Morgan fingerprint density at radius 2 is 2.22 bits per heavy atom. The van der Waals surface area contributed by atoms with Crippen LogP contribution in [0, 0.1) is 0 Å². The molecule has 0 fully saturated rings. The highest BCUT2D eigenvalue weighted by atomic mass is 16.5. The minimum atomic E-state index is -0.303. The highest BCUT2D eigenvalue weighted by Gasteiger charge is 2.15. The van der Waals surface area contributed by atoms with Crippen LogP contribution in [0.2, 0.25) is 0 Å². The van der Waals surface area contributed by atoms with Crippen molar-refractivity contribution in [2.45, 2.75) is 13.5 Å². The van der Waals surface area contributed by atoms with E-state index in [4.69, 9.17) is 9.15 Å². The van der Waals surface area contributed by atoms with E-state index in [2.05, 4.69) is 15.4 Å². The number of amides is 1. The number of nitrogens with zero attached hydrogens (tertiary/aromatic N) is 3. The van der Waals surface area contributed by atoms with Crippen molar-refractivity contribution in [1.29, 1.82) is 0 Å². The summed E-state index contributed by atoms with van der Waals surface area (Å²) in [5.74, 6) is 1.32. The van der Waals surface area contributed by atoms with Gasteiger partial charge < -0.3 is 14.5 Å². The van der Waals surface area contributed by atoms with Crippen molar-refractivity contribution in [3.8, 4) is 5.88 Å². The average Bonchev–Trinajstić information content (AvgIpc) is 3.21. The van der Waals surface area contributed by atoms with Gasteiger partial charge >= 0.3 is 0 Å². The molecule has 0 saturated heterocycles. The normalized spacial score (nSPS) is 10.5. The first kappa shape index (κ1) is 14.8. The van der Waals surface area contributed by atoms with Crippen molar-refractivity contribution in [3.05, 3.63) is 60.3 Å². The number of aromatic nitrogens is 3. The molecule has 0 aliphatic rings. The lowest BCUT2D eigenvalue weighted by Gasteiger charge is -2.10. The lowest BCUT2D eigenvalue weighted by molar-refractivity contribution is 0.102. The molecule has 0 spiro atoms. The van der Waals surface area contributed by atoms with Gasteiger partial charge in [-0.1, -0.05) is 0 Å². The SMILES string of the molecule is CCOc1ncccc1C(=O)Nc1ccnn1Cc1ccco1. The van der Waals surface area contributed by atoms with Gasteiger partial charge in [0.25, 0.3) is 5.91 Å². The maximum atomic E-state index is 12.5. The maximum Gasteiger partial charge on any atom is 0.262 e. The van der Waals surface area contributed by atoms with Gasteiger partial charge in [-0.15, -0.1) is 0 Å². The average molecular weight is 312 g/mol. The largest absolute Gasteiger partial charge is 0.477 e. The summed E-state index contributed by atoms with van der Waals surface area (Å²) in [5, 5.41) is 7.01. The lowest BCUT2D eigenvalue weighted by atomic mass is 10.2. The molecule has 3 aromatic heterocycles. The molecule has 7 nitrogen and oxygen atoms in total. The Bertz CT molecular complexity index is 780. The molecular formula is C16H16N4O3. The number of carbonyl (C=O) groups excluding carboxylic acids is 1. The molecule has 7 heteroatoms. The third-order valence-corrected chi connectivity index (χ3v) is 3.14. The molecule has 0 atom stereocenters. The number of carbonyl (C=O) groups is 1. The third-order valence-electron chi connectivity index (χ3n) is 3.14. The van der Waals surface area contributed by atoms with E-state index in [0.29, 0.717) is 30.4 Å². The summed E-state index contributed by atoms with van der Waals surface area (Å²) in [4.78, 5) is 16.5. The molecule has 0 saturated carbocycles. The number of hydrogen-bond acceptors (Lipinski definition) is 5. The molecule has 0 radical (unpaired) electrons. The number of nitrogens with one attached hydrogen (secondary N) is 1. The topological polar surface area (TPSA) is 82.2 Å². The second kappa shape index (κ2) is 6.78. The Morgan fingerprint density at radius 3 is 3.00 bits per heavy atom. The fraction of sp³-hybridized carbons (Fsp3) is 0.188. The van der Waals surface area contributed by atoms with Gasteiger partial charge in [-0.25, -0.2) is 9.67 Å². The van der Waals surface area contributed by atoms with Crippen LogP contribution in [0.4, 0.5) is 5.82 Å². The zero-order valence-corrected chi connectivity index (χ0v) is 12.6. The van der Waals surface area contributed by atoms with E-state index in [-0.39, 0.29) is 5.91 Å². The summed E-state index contributed by atoms with van der Waals surface area (Å²) in [6.07, 6.45) is 4.80. The van der Waals surface area contributed by atoms with Crippen molar-refractivity contribution in [2.75, 3.05) is 11.9 Å². The molecule has 0 aliphatic carbocycles. The van der Waals surface area contributed by atoms with Crippen LogP contribution in [0.3, 0.4) is 0 Å². The zero-order valence-electron chi connectivity index (χ0n) is 12.6. The summed E-state index contributed by atoms with van der Waals surface area (Å²) >= 11 is 0. The Labute approximate surface area is 132 Å². The summed E-state index contributed by atoms with van der Waals surface area (Å²) < 4.78 is 12.3. The molecule has 3 rings (SSSR count). The Balaban J connectivity index is 1.77. The Kier molecular flexibility index (Phi) is 4.37. The second-order valence-electron chi connectivity index (χ2n) is 4.70. The molecule has 23 heavy (non-hydrogen) atoms. The molecule has 0 unspecified atom stereocenters. The summed E-state index contributed by atoms with van der Waals surface area (Å²) in [6, 6.07) is 8.73. The fourth-order valence-corrected chi connectivity index (χ4v) is 2.11. The van der Waals surface area contributed by atoms with E-state index >= 15 is 0 Å². The second-order valence-corrected chi connectivity index (χ2v) is 4.70. The van der Waals surface area contributed by atoms with E-state index in [1.807, 2.05) is 13.0 Å². The van der Waals surface area contributed by atoms with Gasteiger partial charge in [0.2, 0.25) is 5.88 Å². The van der Waals surface area contributed by atoms with Crippen LogP contribution in [0.25, 0.3) is 0 Å². The highest BCUT2D eigenvalue weighted by Crippen LogP contribution is 2.17. The van der Waals surface area contributed by atoms with E-state index in [1.165, 1.54) is 0 Å². The molecule has 0 bridgehead atoms. The number of hydrogen-bond donors (Lipinski definition) is 1. The molecule has 1 N–H and O–H groups in total. The summed E-state index contributed by atoms with van der Waals surface area (Å²) in [5.41, 5.74) is 0.375. The number of furan rings is 1. The molecule has 3 heterocycles. The first-order valence-electron chi connectivity index (χ1n) is 7.21. The van der Waals surface area contributed by atoms with Crippen LogP contribution in [-0.4, -0.2) is 27.3 Å². The minimum absolute atomic E-state index is 0.303. The van der Waals surface area contributed by atoms with Gasteiger partial charge in [0, 0.05) is 12.3 Å². The van der Waals surface area contributed by atoms with E-state index in [0.717, 1.165) is 5.76 Å². The van der Waals surface area contributed by atoms with Crippen molar-refractivity contribution < 1.29 is 13.9 Å². The number of ether oxygens (including phenoxy) is 1. The van der Waals surface area contributed by atoms with Gasteiger partial charge in [-0.05, 0) is 31.2 Å². The van der Waals surface area contributed by atoms with Gasteiger partial charge in [0.15, 0.2) is 0 Å². The van der Waals surface area contributed by atoms with Crippen molar-refractivity contribution in [1.82, 2.24) is 14.8 Å². The van der Waals surface area contributed by atoms with E-state index in [1.54, 1.807) is 47.6 Å². The van der Waals surface area contributed by atoms with Crippen molar-refractivity contribution in [2.24, 2.45) is 0 Å². The van der Waals surface area contributed by atoms with Crippen LogP contribution in [0.1, 0.15) is 23.0 Å². The van der Waals surface area contributed by atoms with Crippen LogP contribution in [0.5, 0.6) is 5.88 Å². The van der Waals surface area contributed by atoms with Crippen LogP contribution in [0.15, 0.2) is 53.4 Å².